The van der Waals surface area contributed by atoms with E-state index in [9.17, 15) is 9.59 Å². The Morgan fingerprint density at radius 3 is 2.45 bits per heavy atom. The van der Waals surface area contributed by atoms with Crippen LogP contribution < -0.4 is 5.32 Å². The second kappa shape index (κ2) is 10.7. The van der Waals surface area contributed by atoms with Gasteiger partial charge in [0.25, 0.3) is 5.91 Å². The van der Waals surface area contributed by atoms with E-state index in [-0.39, 0.29) is 11.8 Å². The van der Waals surface area contributed by atoms with Crippen LogP contribution in [0.2, 0.25) is 5.02 Å². The van der Waals surface area contributed by atoms with E-state index >= 15 is 0 Å². The van der Waals surface area contributed by atoms with Gasteiger partial charge in [-0.3, -0.25) is 14.5 Å². The van der Waals surface area contributed by atoms with E-state index in [0.29, 0.717) is 42.2 Å². The Morgan fingerprint density at radius 1 is 1.03 bits per heavy atom. The highest BCUT2D eigenvalue weighted by atomic mass is 35.5. The number of carbonyl (C=O) groups excluding carboxylic acids is 2. The zero-order valence-corrected chi connectivity index (χ0v) is 20.4. The predicted octanol–water partition coefficient (Wildman–Crippen LogP) is 4.85. The fraction of sp³-hybridized carbons (Fsp3) is 0.481. The van der Waals surface area contributed by atoms with Crippen LogP contribution in [-0.2, 0) is 11.2 Å². The molecule has 0 bridgehead atoms. The van der Waals surface area contributed by atoms with Crippen LogP contribution in [0.4, 0.5) is 0 Å². The minimum absolute atomic E-state index is 0.0734. The first-order chi connectivity index (χ1) is 16.0. The highest BCUT2D eigenvalue weighted by Crippen LogP contribution is 2.34. The lowest BCUT2D eigenvalue weighted by Gasteiger charge is -2.39. The molecule has 0 spiro atoms. The maximum Gasteiger partial charge on any atom is 0.255 e. The van der Waals surface area contributed by atoms with Gasteiger partial charge in [0.05, 0.1) is 0 Å². The molecule has 3 atom stereocenters. The molecular formula is C27H34ClN3O2. The molecule has 5 nitrogen and oxygen atoms in total. The maximum absolute atomic E-state index is 13.3. The number of rotatable bonds is 8. The molecule has 4 rings (SSSR count). The van der Waals surface area contributed by atoms with Crippen molar-refractivity contribution in [2.24, 2.45) is 0 Å². The number of nitrogens with zero attached hydrogens (tertiary/aromatic N) is 2. The molecule has 2 aliphatic heterocycles. The van der Waals surface area contributed by atoms with E-state index in [1.165, 1.54) is 19.3 Å². The van der Waals surface area contributed by atoms with Gasteiger partial charge in [-0.05, 0) is 68.9 Å². The highest BCUT2D eigenvalue weighted by Gasteiger charge is 2.40. The average molecular weight is 468 g/mol. The molecule has 1 saturated heterocycles. The van der Waals surface area contributed by atoms with Crippen molar-refractivity contribution >= 4 is 23.4 Å². The number of hydrogen-bond acceptors (Lipinski definition) is 3. The van der Waals surface area contributed by atoms with Gasteiger partial charge in [-0.25, -0.2) is 0 Å². The molecule has 0 radical (unpaired) electrons. The number of halogens is 1. The molecule has 1 fully saturated rings. The molecule has 176 valence electrons. The Labute approximate surface area is 202 Å². The third-order valence-electron chi connectivity index (χ3n) is 7.13. The molecule has 6 heteroatoms. The van der Waals surface area contributed by atoms with Gasteiger partial charge in [-0.15, -0.1) is 0 Å². The lowest BCUT2D eigenvalue weighted by molar-refractivity contribution is -0.125. The third-order valence-corrected chi connectivity index (χ3v) is 7.38. The van der Waals surface area contributed by atoms with Crippen molar-refractivity contribution in [1.82, 2.24) is 15.1 Å². The van der Waals surface area contributed by atoms with Crippen LogP contribution in [0.15, 0.2) is 48.5 Å². The van der Waals surface area contributed by atoms with Gasteiger partial charge in [0.1, 0.15) is 6.04 Å². The Morgan fingerprint density at radius 2 is 1.73 bits per heavy atom. The minimum Gasteiger partial charge on any atom is -0.354 e. The van der Waals surface area contributed by atoms with Crippen molar-refractivity contribution in [2.75, 3.05) is 19.6 Å². The van der Waals surface area contributed by atoms with Crippen molar-refractivity contribution in [3.05, 3.63) is 70.2 Å². The summed E-state index contributed by atoms with van der Waals surface area (Å²) in [5, 5.41) is 3.80. The molecule has 0 saturated carbocycles. The fourth-order valence-electron chi connectivity index (χ4n) is 5.27. The average Bonchev–Trinajstić information content (AvgIpc) is 3.09. The lowest BCUT2D eigenvalue weighted by Crippen LogP contribution is -2.45. The summed E-state index contributed by atoms with van der Waals surface area (Å²) in [4.78, 5) is 30.6. The summed E-state index contributed by atoms with van der Waals surface area (Å²) in [7, 11) is 0. The topological polar surface area (TPSA) is 52.7 Å². The van der Waals surface area contributed by atoms with E-state index in [1.807, 2.05) is 48.5 Å². The number of hydrogen-bond donors (Lipinski definition) is 1. The lowest BCUT2D eigenvalue weighted by atomic mass is 9.97. The molecule has 2 aliphatic rings. The number of benzene rings is 2. The van der Waals surface area contributed by atoms with E-state index < -0.39 is 6.04 Å². The minimum atomic E-state index is -0.575. The second-order valence-corrected chi connectivity index (χ2v) is 9.81. The smallest absolute Gasteiger partial charge is 0.255 e. The summed E-state index contributed by atoms with van der Waals surface area (Å²) in [5.41, 5.74) is 2.52. The van der Waals surface area contributed by atoms with Crippen LogP contribution in [-0.4, -0.2) is 53.3 Å². The highest BCUT2D eigenvalue weighted by molar-refractivity contribution is 6.30. The van der Waals surface area contributed by atoms with E-state index in [2.05, 4.69) is 24.1 Å². The standard InChI is InChI=1S/C27H34ClN3O2/c1-19-7-5-8-20(2)30(19)17-6-16-29-26(32)25-23-9-3-4-10-24(23)27(33)31(25)18-15-21-11-13-22(28)14-12-21/h3-4,9-14,19-20,25H,5-8,15-18H2,1-2H3,(H,29,32)/t19-,20-,25+/m1/s1. The predicted molar refractivity (Wildman–Crippen MR) is 132 cm³/mol. The molecule has 2 aromatic carbocycles. The van der Waals surface area contributed by atoms with Crippen LogP contribution >= 0.6 is 11.6 Å². The molecule has 2 aromatic rings. The summed E-state index contributed by atoms with van der Waals surface area (Å²) in [5.74, 6) is -0.167. The van der Waals surface area contributed by atoms with E-state index in [4.69, 9.17) is 11.6 Å². The zero-order valence-electron chi connectivity index (χ0n) is 19.6. The number of likely N-dealkylation sites (tertiary alicyclic amines) is 1. The van der Waals surface area contributed by atoms with Gasteiger partial charge in [0, 0.05) is 42.3 Å². The van der Waals surface area contributed by atoms with Gasteiger partial charge < -0.3 is 10.2 Å². The molecule has 0 aliphatic carbocycles. The number of carbonyl (C=O) groups is 2. The summed E-state index contributed by atoms with van der Waals surface area (Å²) >= 11 is 5.99. The number of piperidine rings is 1. The molecule has 0 aromatic heterocycles. The molecule has 2 heterocycles. The number of fused-ring (bicyclic) bond motifs is 1. The van der Waals surface area contributed by atoms with Crippen molar-refractivity contribution in [1.29, 1.82) is 0 Å². The van der Waals surface area contributed by atoms with E-state index in [1.54, 1.807) is 4.90 Å². The monoisotopic (exact) mass is 467 g/mol. The van der Waals surface area contributed by atoms with Gasteiger partial charge in [-0.2, -0.15) is 0 Å². The number of nitrogens with one attached hydrogen (secondary N) is 1. The third kappa shape index (κ3) is 5.42. The van der Waals surface area contributed by atoms with Crippen molar-refractivity contribution in [2.45, 2.75) is 64.1 Å². The first kappa shape index (κ1) is 23.8. The van der Waals surface area contributed by atoms with Gasteiger partial charge >= 0.3 is 0 Å². The molecule has 0 unspecified atom stereocenters. The van der Waals surface area contributed by atoms with Crippen LogP contribution in [0.5, 0.6) is 0 Å². The SMILES string of the molecule is C[C@@H]1CCC[C@@H](C)N1CCCNC(=O)[C@@H]1c2ccccc2C(=O)N1CCc1ccc(Cl)cc1. The Bertz CT molecular complexity index is 968. The fourth-order valence-corrected chi connectivity index (χ4v) is 5.40. The second-order valence-electron chi connectivity index (χ2n) is 9.38. The van der Waals surface area contributed by atoms with Crippen LogP contribution in [0.25, 0.3) is 0 Å². The molecule has 33 heavy (non-hydrogen) atoms. The normalized spacial score (nSPS) is 22.9. The number of amides is 2. The summed E-state index contributed by atoms with van der Waals surface area (Å²) < 4.78 is 0. The molecular weight excluding hydrogens is 434 g/mol. The summed E-state index contributed by atoms with van der Waals surface area (Å²) in [6, 6.07) is 15.7. The first-order valence-electron chi connectivity index (χ1n) is 12.1. The Balaban J connectivity index is 1.38. The van der Waals surface area contributed by atoms with Crippen molar-refractivity contribution in [3.63, 3.8) is 0 Å². The first-order valence-corrected chi connectivity index (χ1v) is 12.5. The molecule has 2 amide bonds. The summed E-state index contributed by atoms with van der Waals surface area (Å²) in [6.45, 7) is 6.69. The van der Waals surface area contributed by atoms with Gasteiger partial charge in [0.2, 0.25) is 5.91 Å². The Hall–Kier alpha value is -2.37. The van der Waals surface area contributed by atoms with Crippen molar-refractivity contribution in [3.8, 4) is 0 Å². The molecule has 1 N–H and O–H groups in total. The van der Waals surface area contributed by atoms with Gasteiger partial charge in [0.15, 0.2) is 0 Å². The van der Waals surface area contributed by atoms with Crippen molar-refractivity contribution < 1.29 is 9.59 Å². The largest absolute Gasteiger partial charge is 0.354 e. The quantitative estimate of drug-likeness (QED) is 0.564. The maximum atomic E-state index is 13.3. The summed E-state index contributed by atoms with van der Waals surface area (Å²) in [6.07, 6.45) is 5.38. The zero-order chi connectivity index (χ0) is 23.4. The van der Waals surface area contributed by atoms with Crippen LogP contribution in [0.1, 0.15) is 67.1 Å². The van der Waals surface area contributed by atoms with Crippen LogP contribution in [0.3, 0.4) is 0 Å². The van der Waals surface area contributed by atoms with E-state index in [0.717, 1.165) is 24.1 Å². The van der Waals surface area contributed by atoms with Gasteiger partial charge in [-0.1, -0.05) is 48.4 Å². The Kier molecular flexibility index (Phi) is 7.71. The van der Waals surface area contributed by atoms with Crippen LogP contribution in [0, 0.1) is 0 Å².